The van der Waals surface area contributed by atoms with E-state index in [1.807, 2.05) is 6.92 Å². The SMILES string of the molecule is C.C[C@@H]1CN(Cc2ccc(F)cc2)[C@@H](C)CN1C(=O)c1cc2c(C(=O)C(=O)N(C)C)cn(C)c2cc1Cl. The van der Waals surface area contributed by atoms with Crippen molar-refractivity contribution in [3.63, 3.8) is 0 Å². The van der Waals surface area contributed by atoms with Crippen LogP contribution in [0.2, 0.25) is 5.02 Å². The van der Waals surface area contributed by atoms with Crippen LogP contribution in [0.4, 0.5) is 4.39 Å². The average Bonchev–Trinajstić information content (AvgIpc) is 3.15. The Hall–Kier alpha value is -3.23. The molecule has 0 aliphatic carbocycles. The number of likely N-dealkylation sites (N-methyl/N-ethyl adjacent to an activating group) is 1. The van der Waals surface area contributed by atoms with Gasteiger partial charge in [-0.15, -0.1) is 0 Å². The molecule has 1 aromatic heterocycles. The number of rotatable bonds is 5. The Morgan fingerprint density at radius 3 is 2.30 bits per heavy atom. The fourth-order valence-corrected chi connectivity index (χ4v) is 4.99. The maximum absolute atomic E-state index is 13.7. The van der Waals surface area contributed by atoms with Crippen molar-refractivity contribution in [3.05, 3.63) is 70.1 Å². The number of halogens is 2. The number of aromatic nitrogens is 1. The van der Waals surface area contributed by atoms with E-state index >= 15 is 0 Å². The van der Waals surface area contributed by atoms with Gasteiger partial charge in [-0.05, 0) is 43.7 Å². The van der Waals surface area contributed by atoms with Crippen LogP contribution in [-0.2, 0) is 18.4 Å². The molecule has 4 rings (SSSR count). The number of Topliss-reactive ketones (excluding diaryl/α,β-unsaturated/α-hetero) is 1. The molecule has 37 heavy (non-hydrogen) atoms. The van der Waals surface area contributed by atoms with Crippen LogP contribution >= 0.6 is 11.6 Å². The first kappa shape index (κ1) is 28.3. The van der Waals surface area contributed by atoms with Gasteiger partial charge >= 0.3 is 0 Å². The normalized spacial score (nSPS) is 18.0. The van der Waals surface area contributed by atoms with Crippen molar-refractivity contribution < 1.29 is 18.8 Å². The maximum atomic E-state index is 13.7. The van der Waals surface area contributed by atoms with Crippen LogP contribution < -0.4 is 0 Å². The largest absolute Gasteiger partial charge is 0.350 e. The van der Waals surface area contributed by atoms with Gasteiger partial charge in [0.2, 0.25) is 0 Å². The molecular formula is C28H34ClFN4O3. The third-order valence-corrected chi connectivity index (χ3v) is 7.14. The number of nitrogens with zero attached hydrogens (tertiary/aromatic N) is 4. The number of carbonyl (C=O) groups is 3. The molecule has 0 unspecified atom stereocenters. The van der Waals surface area contributed by atoms with E-state index in [4.69, 9.17) is 11.6 Å². The van der Waals surface area contributed by atoms with E-state index in [-0.39, 0.29) is 36.8 Å². The molecule has 0 spiro atoms. The number of ketones is 1. The Morgan fingerprint density at radius 2 is 1.68 bits per heavy atom. The minimum absolute atomic E-state index is 0. The van der Waals surface area contributed by atoms with Crippen molar-refractivity contribution in [2.24, 2.45) is 7.05 Å². The second-order valence-electron chi connectivity index (χ2n) is 9.74. The van der Waals surface area contributed by atoms with E-state index in [1.165, 1.54) is 31.1 Å². The highest BCUT2D eigenvalue weighted by Crippen LogP contribution is 2.30. The summed E-state index contributed by atoms with van der Waals surface area (Å²) in [5, 5.41) is 0.807. The van der Waals surface area contributed by atoms with Crippen LogP contribution in [0.1, 0.15) is 47.6 Å². The quantitative estimate of drug-likeness (QED) is 0.358. The number of piperazine rings is 1. The van der Waals surface area contributed by atoms with Crippen molar-refractivity contribution in [1.29, 1.82) is 0 Å². The van der Waals surface area contributed by atoms with Crippen molar-refractivity contribution in [1.82, 2.24) is 19.3 Å². The van der Waals surface area contributed by atoms with E-state index in [2.05, 4.69) is 11.8 Å². The van der Waals surface area contributed by atoms with Crippen molar-refractivity contribution in [3.8, 4) is 0 Å². The molecule has 2 atom stereocenters. The lowest BCUT2D eigenvalue weighted by molar-refractivity contribution is -0.124. The molecule has 1 aliphatic heterocycles. The summed E-state index contributed by atoms with van der Waals surface area (Å²) in [7, 11) is 4.81. The molecule has 0 radical (unpaired) electrons. The standard InChI is InChI=1S/C27H30ClFN4O3.CH4/c1-16-13-33(17(2)12-32(16)14-18-6-8-19(29)9-7-18)26(35)21-10-20-22(25(34)27(36)30(3)4)15-31(5)24(20)11-23(21)28;/h6-11,15-17H,12-14H2,1-5H3;1H4/t16-,17+;/m0./s1. The zero-order chi connectivity index (χ0) is 26.3. The van der Waals surface area contributed by atoms with Crippen molar-refractivity contribution in [2.45, 2.75) is 39.9 Å². The Balaban J connectivity index is 0.00000380. The summed E-state index contributed by atoms with van der Waals surface area (Å²) in [6, 6.07) is 9.74. The fraction of sp³-hybridized carbons (Fsp3) is 0.393. The summed E-state index contributed by atoms with van der Waals surface area (Å²) in [5.74, 6) is -1.75. The van der Waals surface area contributed by atoms with Crippen LogP contribution in [0.3, 0.4) is 0 Å². The van der Waals surface area contributed by atoms with E-state index in [0.29, 0.717) is 41.1 Å². The third kappa shape index (κ3) is 5.55. The van der Waals surface area contributed by atoms with Gasteiger partial charge in [-0.3, -0.25) is 19.3 Å². The first-order chi connectivity index (χ1) is 17.0. The smallest absolute Gasteiger partial charge is 0.294 e. The lowest BCUT2D eigenvalue weighted by Crippen LogP contribution is -2.57. The van der Waals surface area contributed by atoms with E-state index in [9.17, 15) is 18.8 Å². The molecule has 7 nitrogen and oxygen atoms in total. The van der Waals surface area contributed by atoms with Crippen molar-refractivity contribution in [2.75, 3.05) is 27.2 Å². The predicted octanol–water partition coefficient (Wildman–Crippen LogP) is 4.61. The topological polar surface area (TPSA) is 65.9 Å². The molecule has 0 N–H and O–H groups in total. The van der Waals surface area contributed by atoms with Crippen LogP contribution in [0.5, 0.6) is 0 Å². The van der Waals surface area contributed by atoms with Gasteiger partial charge in [0.15, 0.2) is 0 Å². The fourth-order valence-electron chi connectivity index (χ4n) is 4.75. The minimum atomic E-state index is -0.636. The molecule has 9 heteroatoms. The van der Waals surface area contributed by atoms with Crippen LogP contribution in [0, 0.1) is 5.82 Å². The number of hydrogen-bond donors (Lipinski definition) is 0. The summed E-state index contributed by atoms with van der Waals surface area (Å²) < 4.78 is 15.0. The summed E-state index contributed by atoms with van der Waals surface area (Å²) in [6.45, 7) is 5.85. The second kappa shape index (κ2) is 11.0. The molecule has 1 aliphatic rings. The average molecular weight is 529 g/mol. The van der Waals surface area contributed by atoms with E-state index < -0.39 is 11.7 Å². The Kier molecular flexibility index (Phi) is 8.45. The molecule has 0 bridgehead atoms. The van der Waals surface area contributed by atoms with Gasteiger partial charge in [0, 0.05) is 64.4 Å². The van der Waals surface area contributed by atoms with Gasteiger partial charge < -0.3 is 14.4 Å². The monoisotopic (exact) mass is 528 g/mol. The highest BCUT2D eigenvalue weighted by Gasteiger charge is 2.34. The molecule has 2 heterocycles. The van der Waals surface area contributed by atoms with Gasteiger partial charge in [-0.1, -0.05) is 31.2 Å². The zero-order valence-electron chi connectivity index (χ0n) is 21.1. The summed E-state index contributed by atoms with van der Waals surface area (Å²) in [4.78, 5) is 44.1. The third-order valence-electron chi connectivity index (χ3n) is 6.83. The Morgan fingerprint density at radius 1 is 1.03 bits per heavy atom. The van der Waals surface area contributed by atoms with E-state index in [0.717, 1.165) is 5.56 Å². The van der Waals surface area contributed by atoms with Gasteiger partial charge in [-0.2, -0.15) is 0 Å². The van der Waals surface area contributed by atoms with Gasteiger partial charge in [0.1, 0.15) is 5.82 Å². The predicted molar refractivity (Wildman–Crippen MR) is 144 cm³/mol. The highest BCUT2D eigenvalue weighted by molar-refractivity contribution is 6.45. The first-order valence-electron chi connectivity index (χ1n) is 11.8. The van der Waals surface area contributed by atoms with Gasteiger partial charge in [-0.25, -0.2) is 4.39 Å². The summed E-state index contributed by atoms with van der Waals surface area (Å²) >= 11 is 6.56. The number of benzene rings is 2. The number of fused-ring (bicyclic) bond motifs is 1. The van der Waals surface area contributed by atoms with Gasteiger partial charge in [0.05, 0.1) is 21.7 Å². The lowest BCUT2D eigenvalue weighted by Gasteiger charge is -2.44. The molecular weight excluding hydrogens is 495 g/mol. The number of aryl methyl sites for hydroxylation is 1. The summed E-state index contributed by atoms with van der Waals surface area (Å²) in [6.07, 6.45) is 1.60. The zero-order valence-corrected chi connectivity index (χ0v) is 21.8. The Labute approximate surface area is 222 Å². The second-order valence-corrected chi connectivity index (χ2v) is 10.2. The molecule has 3 aromatic rings. The Bertz CT molecular complexity index is 1340. The highest BCUT2D eigenvalue weighted by atomic mass is 35.5. The number of carbonyl (C=O) groups excluding carboxylic acids is 3. The summed E-state index contributed by atoms with van der Waals surface area (Å²) in [5.41, 5.74) is 2.21. The van der Waals surface area contributed by atoms with Crippen LogP contribution in [0.15, 0.2) is 42.6 Å². The minimum Gasteiger partial charge on any atom is -0.350 e. The van der Waals surface area contributed by atoms with Gasteiger partial charge in [0.25, 0.3) is 17.6 Å². The number of hydrogen-bond acceptors (Lipinski definition) is 4. The molecule has 1 saturated heterocycles. The van der Waals surface area contributed by atoms with Crippen molar-refractivity contribution >= 4 is 40.1 Å². The first-order valence-corrected chi connectivity index (χ1v) is 12.2. The molecule has 2 amide bonds. The molecule has 198 valence electrons. The van der Waals surface area contributed by atoms with Crippen LogP contribution in [0.25, 0.3) is 10.9 Å². The van der Waals surface area contributed by atoms with Crippen LogP contribution in [-0.4, -0.2) is 76.1 Å². The van der Waals surface area contributed by atoms with E-state index in [1.54, 1.807) is 47.0 Å². The molecule has 0 saturated carbocycles. The lowest BCUT2D eigenvalue weighted by atomic mass is 10.0. The molecule has 1 fully saturated rings. The maximum Gasteiger partial charge on any atom is 0.294 e. The molecule has 2 aromatic carbocycles. The number of amides is 2.